The summed E-state index contributed by atoms with van der Waals surface area (Å²) in [7, 11) is 2.15. The van der Waals surface area contributed by atoms with E-state index in [2.05, 4.69) is 26.9 Å². The van der Waals surface area contributed by atoms with Gasteiger partial charge in [0.25, 0.3) is 5.97 Å². The summed E-state index contributed by atoms with van der Waals surface area (Å²) in [5.41, 5.74) is 7.12. The molecule has 10 heteroatoms. The molecule has 1 aliphatic carbocycles. The number of fused-ring (bicyclic) bond motifs is 3. The van der Waals surface area contributed by atoms with Crippen LogP contribution in [0, 0.1) is 5.92 Å². The van der Waals surface area contributed by atoms with Crippen molar-refractivity contribution >= 4 is 17.0 Å². The summed E-state index contributed by atoms with van der Waals surface area (Å²) in [4.78, 5) is 15.1. The summed E-state index contributed by atoms with van der Waals surface area (Å²) in [6.07, 6.45) is 4.26. The second kappa shape index (κ2) is 5.83. The second-order valence-electron chi connectivity index (χ2n) is 8.42. The van der Waals surface area contributed by atoms with Gasteiger partial charge in [0.1, 0.15) is 30.2 Å². The molecular weight excluding hydrogens is 364 g/mol. The van der Waals surface area contributed by atoms with Crippen molar-refractivity contribution in [3.63, 3.8) is 0 Å². The molecule has 5 unspecified atom stereocenters. The summed E-state index contributed by atoms with van der Waals surface area (Å²) < 4.78 is 26.9. The van der Waals surface area contributed by atoms with Gasteiger partial charge in [-0.3, -0.25) is 4.57 Å². The van der Waals surface area contributed by atoms with Crippen molar-refractivity contribution in [1.82, 2.24) is 24.4 Å². The Morgan fingerprint density at radius 2 is 2.00 bits per heavy atom. The van der Waals surface area contributed by atoms with Crippen LogP contribution in [0.15, 0.2) is 12.7 Å². The van der Waals surface area contributed by atoms with E-state index in [9.17, 15) is 0 Å². The lowest BCUT2D eigenvalue weighted by atomic mass is 9.80. The fourth-order valence-electron chi connectivity index (χ4n) is 4.89. The van der Waals surface area contributed by atoms with Crippen LogP contribution in [0.1, 0.15) is 26.0 Å². The van der Waals surface area contributed by atoms with Crippen molar-refractivity contribution in [1.29, 1.82) is 0 Å². The van der Waals surface area contributed by atoms with E-state index in [4.69, 9.17) is 24.7 Å². The van der Waals surface area contributed by atoms with E-state index in [0.29, 0.717) is 35.5 Å². The van der Waals surface area contributed by atoms with Crippen molar-refractivity contribution in [2.24, 2.45) is 5.92 Å². The van der Waals surface area contributed by atoms with Crippen molar-refractivity contribution in [3.05, 3.63) is 12.7 Å². The predicted octanol–water partition coefficient (Wildman–Crippen LogP) is 0.504. The Labute approximate surface area is 161 Å². The third-order valence-electron chi connectivity index (χ3n) is 6.53. The zero-order valence-corrected chi connectivity index (χ0v) is 15.9. The molecule has 4 bridgehead atoms. The van der Waals surface area contributed by atoms with Gasteiger partial charge in [-0.05, 0) is 25.8 Å². The average molecular weight is 388 g/mol. The highest BCUT2D eigenvalue weighted by Crippen LogP contribution is 2.46. The number of likely N-dealkylation sites (N-methyl/N-ethyl adjacent to an activating group) is 1. The molecule has 5 fully saturated rings. The number of hydrogen-bond acceptors (Lipinski definition) is 9. The van der Waals surface area contributed by atoms with Gasteiger partial charge in [-0.25, -0.2) is 15.0 Å². The SMILES string of the molecule is CN1CC2OC(n3cnc4c(N)ncnc43)C3OC(C)(OCC4CC1C4)OC23. The number of aromatic nitrogens is 4. The molecule has 2 aromatic heterocycles. The van der Waals surface area contributed by atoms with E-state index in [1.54, 1.807) is 6.33 Å². The summed E-state index contributed by atoms with van der Waals surface area (Å²) in [6.45, 7) is 3.27. The van der Waals surface area contributed by atoms with Crippen molar-refractivity contribution in [2.45, 2.75) is 56.3 Å². The zero-order valence-electron chi connectivity index (χ0n) is 15.9. The summed E-state index contributed by atoms with van der Waals surface area (Å²) >= 11 is 0. The number of nitrogen functional groups attached to an aromatic ring is 1. The van der Waals surface area contributed by atoms with Crippen LogP contribution in [0.2, 0.25) is 0 Å². The Morgan fingerprint density at radius 3 is 2.86 bits per heavy atom. The molecule has 0 radical (unpaired) electrons. The first-order valence-corrected chi connectivity index (χ1v) is 9.79. The first-order chi connectivity index (χ1) is 13.5. The monoisotopic (exact) mass is 388 g/mol. The maximum absolute atomic E-state index is 6.44. The maximum atomic E-state index is 6.44. The molecule has 150 valence electrons. The summed E-state index contributed by atoms with van der Waals surface area (Å²) in [5, 5.41) is 0. The largest absolute Gasteiger partial charge is 0.382 e. The first-order valence-electron chi connectivity index (χ1n) is 9.79. The molecule has 2 N–H and O–H groups in total. The topological polar surface area (TPSA) is 110 Å². The molecule has 28 heavy (non-hydrogen) atoms. The number of hydrogen-bond donors (Lipinski definition) is 1. The Bertz CT molecular complexity index is 917. The number of rotatable bonds is 1. The molecule has 1 saturated carbocycles. The highest BCUT2D eigenvalue weighted by molar-refractivity contribution is 5.81. The molecule has 0 amide bonds. The molecule has 4 aliphatic heterocycles. The van der Waals surface area contributed by atoms with Crippen LogP contribution in [0.5, 0.6) is 0 Å². The number of nitrogens with zero attached hydrogens (tertiary/aromatic N) is 5. The lowest BCUT2D eigenvalue weighted by molar-refractivity contribution is -0.348. The molecule has 7 rings (SSSR count). The van der Waals surface area contributed by atoms with E-state index in [1.807, 2.05) is 11.5 Å². The number of ether oxygens (including phenoxy) is 4. The molecular formula is C18H24N6O4. The fourth-order valence-corrected chi connectivity index (χ4v) is 4.89. The van der Waals surface area contributed by atoms with Crippen LogP contribution in [0.4, 0.5) is 5.82 Å². The van der Waals surface area contributed by atoms with Gasteiger partial charge < -0.3 is 29.6 Å². The minimum Gasteiger partial charge on any atom is -0.382 e. The second-order valence-corrected chi connectivity index (χ2v) is 8.42. The molecule has 0 aromatic carbocycles. The lowest BCUT2D eigenvalue weighted by Crippen LogP contribution is -2.48. The Balaban J connectivity index is 1.38. The quantitative estimate of drug-likeness (QED) is 0.747. The van der Waals surface area contributed by atoms with Gasteiger partial charge in [0.15, 0.2) is 17.7 Å². The first kappa shape index (κ1) is 17.0. The number of imidazole rings is 1. The van der Waals surface area contributed by atoms with Crippen LogP contribution in [0.3, 0.4) is 0 Å². The third-order valence-corrected chi connectivity index (χ3v) is 6.53. The van der Waals surface area contributed by atoms with E-state index >= 15 is 0 Å². The van der Waals surface area contributed by atoms with Crippen LogP contribution in [-0.4, -0.2) is 74.9 Å². The van der Waals surface area contributed by atoms with E-state index in [1.165, 1.54) is 6.33 Å². The molecule has 0 spiro atoms. The van der Waals surface area contributed by atoms with Crippen LogP contribution < -0.4 is 5.73 Å². The van der Waals surface area contributed by atoms with Crippen molar-refractivity contribution in [2.75, 3.05) is 25.9 Å². The summed E-state index contributed by atoms with van der Waals surface area (Å²) in [5.74, 6) is -0.161. The molecule has 5 aliphatic rings. The van der Waals surface area contributed by atoms with Gasteiger partial charge >= 0.3 is 0 Å². The highest BCUT2D eigenvalue weighted by Gasteiger charge is 2.59. The van der Waals surface area contributed by atoms with Gasteiger partial charge in [0, 0.05) is 19.5 Å². The molecule has 6 heterocycles. The molecule has 4 saturated heterocycles. The Hall–Kier alpha value is -1.85. The number of anilines is 1. The van der Waals surface area contributed by atoms with Gasteiger partial charge in [-0.1, -0.05) is 0 Å². The van der Waals surface area contributed by atoms with Gasteiger partial charge in [-0.15, -0.1) is 0 Å². The van der Waals surface area contributed by atoms with Crippen LogP contribution in [0.25, 0.3) is 11.2 Å². The summed E-state index contributed by atoms with van der Waals surface area (Å²) in [6, 6.07) is 0.571. The van der Waals surface area contributed by atoms with Crippen LogP contribution in [-0.2, 0) is 18.9 Å². The smallest absolute Gasteiger partial charge is 0.280 e. The normalized spacial score (nSPS) is 43.1. The predicted molar refractivity (Wildman–Crippen MR) is 96.9 cm³/mol. The number of nitrogens with two attached hydrogens (primary N) is 1. The third kappa shape index (κ3) is 2.42. The van der Waals surface area contributed by atoms with Crippen LogP contribution >= 0.6 is 0 Å². The van der Waals surface area contributed by atoms with E-state index < -0.39 is 12.2 Å². The zero-order chi connectivity index (χ0) is 19.0. The van der Waals surface area contributed by atoms with Gasteiger partial charge in [0.05, 0.1) is 12.9 Å². The van der Waals surface area contributed by atoms with Gasteiger partial charge in [-0.2, -0.15) is 0 Å². The minimum absolute atomic E-state index is 0.140. The Kier molecular flexibility index (Phi) is 3.55. The minimum atomic E-state index is -1.06. The van der Waals surface area contributed by atoms with Crippen molar-refractivity contribution in [3.8, 4) is 0 Å². The molecule has 10 nitrogen and oxygen atoms in total. The molecule has 5 atom stereocenters. The standard InChI is InChI=1S/C18H24N6O4/c1-18-25-6-9-3-10(4-9)23(2)5-11-13(27-18)14(28-18)17(26-11)24-8-22-12-15(19)20-7-21-16(12)24/h7-11,13-14,17H,3-6H2,1-2H3,(H2,19,20,21). The van der Waals surface area contributed by atoms with Crippen molar-refractivity contribution < 1.29 is 18.9 Å². The highest BCUT2D eigenvalue weighted by atomic mass is 16.9. The lowest BCUT2D eigenvalue weighted by Gasteiger charge is -2.42. The fraction of sp³-hybridized carbons (Fsp3) is 0.722. The maximum Gasteiger partial charge on any atom is 0.280 e. The van der Waals surface area contributed by atoms with E-state index in [0.717, 1.165) is 19.4 Å². The Morgan fingerprint density at radius 1 is 1.18 bits per heavy atom. The molecule has 2 aromatic rings. The van der Waals surface area contributed by atoms with E-state index in [-0.39, 0.29) is 18.3 Å². The average Bonchev–Trinajstić information content (AvgIpc) is 3.26. The van der Waals surface area contributed by atoms with Gasteiger partial charge in [0.2, 0.25) is 0 Å².